The summed E-state index contributed by atoms with van der Waals surface area (Å²) in [5, 5.41) is 8.09. The molecule has 0 aromatic carbocycles. The summed E-state index contributed by atoms with van der Waals surface area (Å²) in [5.74, 6) is 0. The molecule has 0 saturated carbocycles. The van der Waals surface area contributed by atoms with Gasteiger partial charge in [0.25, 0.3) is 0 Å². The highest BCUT2D eigenvalue weighted by Gasteiger charge is 2.05. The molecular weight excluding hydrogens is 208 g/mol. The molecule has 0 atom stereocenters. The molecule has 2 heterocycles. The first-order chi connectivity index (χ1) is 7.18. The van der Waals surface area contributed by atoms with Crippen LogP contribution in [0.5, 0.6) is 0 Å². The van der Waals surface area contributed by atoms with Crippen LogP contribution < -0.4 is 5.32 Å². The van der Waals surface area contributed by atoms with E-state index in [-0.39, 0.29) is 0 Å². The van der Waals surface area contributed by atoms with Gasteiger partial charge in [-0.1, -0.05) is 4.49 Å². The summed E-state index contributed by atoms with van der Waals surface area (Å²) in [6, 6.07) is 2.21. The van der Waals surface area contributed by atoms with Crippen LogP contribution in [-0.2, 0) is 13.6 Å². The van der Waals surface area contributed by atoms with E-state index in [0.29, 0.717) is 0 Å². The number of anilines is 1. The molecule has 0 radical (unpaired) electrons. The zero-order valence-corrected chi connectivity index (χ0v) is 9.93. The highest BCUT2D eigenvalue weighted by molar-refractivity contribution is 7.09. The number of hydrogen-bond donors (Lipinski definition) is 1. The fourth-order valence-electron chi connectivity index (χ4n) is 1.54. The van der Waals surface area contributed by atoms with Crippen LogP contribution in [0.3, 0.4) is 0 Å². The number of aryl methyl sites for hydroxylation is 1. The van der Waals surface area contributed by atoms with Gasteiger partial charge < -0.3 is 9.88 Å². The lowest BCUT2D eigenvalue weighted by Gasteiger charge is -2.03. The first-order valence-corrected chi connectivity index (χ1v) is 5.59. The zero-order chi connectivity index (χ0) is 10.8. The molecule has 0 saturated heterocycles. The Labute approximate surface area is 93.1 Å². The lowest BCUT2D eigenvalue weighted by atomic mass is 10.2. The SMILES string of the molecule is Cc1cc(CNc2cnns2)c(C)n1C. The molecule has 0 amide bonds. The van der Waals surface area contributed by atoms with Gasteiger partial charge in [0.05, 0.1) is 6.20 Å². The third-order valence-corrected chi connectivity index (χ3v) is 3.32. The van der Waals surface area contributed by atoms with Crippen LogP contribution in [-0.4, -0.2) is 14.2 Å². The van der Waals surface area contributed by atoms with Crippen molar-refractivity contribution in [2.45, 2.75) is 20.4 Å². The Morgan fingerprint density at radius 3 is 2.80 bits per heavy atom. The number of hydrogen-bond acceptors (Lipinski definition) is 4. The second kappa shape index (κ2) is 4.02. The van der Waals surface area contributed by atoms with Gasteiger partial charge >= 0.3 is 0 Å². The lowest BCUT2D eigenvalue weighted by Crippen LogP contribution is -2.00. The minimum atomic E-state index is 0.831. The molecule has 0 aliphatic carbocycles. The molecule has 5 heteroatoms. The predicted octanol–water partition coefficient (Wildman–Crippen LogP) is 2.11. The summed E-state index contributed by atoms with van der Waals surface area (Å²) < 4.78 is 6.00. The Kier molecular flexibility index (Phi) is 2.73. The molecule has 0 aliphatic rings. The quantitative estimate of drug-likeness (QED) is 0.865. The highest BCUT2D eigenvalue weighted by atomic mass is 32.1. The summed E-state index contributed by atoms with van der Waals surface area (Å²) >= 11 is 1.38. The fourth-order valence-corrected chi connectivity index (χ4v) is 1.95. The van der Waals surface area contributed by atoms with Gasteiger partial charge in [0, 0.05) is 36.5 Å². The first kappa shape index (κ1) is 10.2. The summed E-state index contributed by atoms with van der Waals surface area (Å²) in [5.41, 5.74) is 3.91. The van der Waals surface area contributed by atoms with E-state index in [4.69, 9.17) is 0 Å². The minimum Gasteiger partial charge on any atom is -0.370 e. The largest absolute Gasteiger partial charge is 0.370 e. The van der Waals surface area contributed by atoms with Crippen molar-refractivity contribution in [3.05, 3.63) is 29.2 Å². The number of nitrogens with zero attached hydrogens (tertiary/aromatic N) is 3. The predicted molar refractivity (Wildman–Crippen MR) is 62.1 cm³/mol. The molecule has 4 nitrogen and oxygen atoms in total. The van der Waals surface area contributed by atoms with Gasteiger partial charge in [-0.2, -0.15) is 0 Å². The fraction of sp³-hybridized carbons (Fsp3) is 0.400. The maximum Gasteiger partial charge on any atom is 0.130 e. The second-order valence-corrected chi connectivity index (χ2v) is 4.38. The van der Waals surface area contributed by atoms with E-state index < -0.39 is 0 Å². The van der Waals surface area contributed by atoms with Crippen molar-refractivity contribution >= 4 is 16.5 Å². The van der Waals surface area contributed by atoms with Gasteiger partial charge in [-0.25, -0.2) is 0 Å². The average Bonchev–Trinajstić information content (AvgIpc) is 2.80. The van der Waals surface area contributed by atoms with Crippen LogP contribution in [0, 0.1) is 13.8 Å². The van der Waals surface area contributed by atoms with Gasteiger partial charge in [-0.15, -0.1) is 5.10 Å². The third kappa shape index (κ3) is 2.02. The maximum absolute atomic E-state index is 3.80. The summed E-state index contributed by atoms with van der Waals surface area (Å²) in [7, 11) is 2.09. The molecule has 2 aromatic rings. The van der Waals surface area contributed by atoms with Gasteiger partial charge in [-0.3, -0.25) is 0 Å². The molecule has 2 aromatic heterocycles. The van der Waals surface area contributed by atoms with Crippen LogP contribution in [0.25, 0.3) is 0 Å². The van der Waals surface area contributed by atoms with Crippen LogP contribution >= 0.6 is 11.5 Å². The van der Waals surface area contributed by atoms with Gasteiger partial charge in [0.15, 0.2) is 0 Å². The molecule has 1 N–H and O–H groups in total. The van der Waals surface area contributed by atoms with Crippen molar-refractivity contribution in [1.82, 2.24) is 14.2 Å². The minimum absolute atomic E-state index is 0.831. The van der Waals surface area contributed by atoms with Crippen LogP contribution in [0.4, 0.5) is 5.00 Å². The molecule has 0 unspecified atom stereocenters. The molecule has 0 bridgehead atoms. The van der Waals surface area contributed by atoms with Crippen molar-refractivity contribution in [3.8, 4) is 0 Å². The summed E-state index contributed by atoms with van der Waals surface area (Å²) in [4.78, 5) is 0. The van der Waals surface area contributed by atoms with Crippen molar-refractivity contribution < 1.29 is 0 Å². The van der Waals surface area contributed by atoms with Crippen LogP contribution in [0.1, 0.15) is 17.0 Å². The number of nitrogens with one attached hydrogen (secondary N) is 1. The van der Waals surface area contributed by atoms with E-state index in [2.05, 4.69) is 46.4 Å². The Bertz CT molecular complexity index is 444. The van der Waals surface area contributed by atoms with Gasteiger partial charge in [-0.05, 0) is 25.5 Å². The van der Waals surface area contributed by atoms with Crippen molar-refractivity contribution in [2.24, 2.45) is 7.05 Å². The van der Waals surface area contributed by atoms with Crippen molar-refractivity contribution in [1.29, 1.82) is 0 Å². The van der Waals surface area contributed by atoms with E-state index in [0.717, 1.165) is 11.5 Å². The third-order valence-electron chi connectivity index (χ3n) is 2.69. The monoisotopic (exact) mass is 222 g/mol. The summed E-state index contributed by atoms with van der Waals surface area (Å²) in [6.45, 7) is 5.08. The highest BCUT2D eigenvalue weighted by Crippen LogP contribution is 2.16. The lowest BCUT2D eigenvalue weighted by molar-refractivity contribution is 0.837. The zero-order valence-electron chi connectivity index (χ0n) is 9.11. The average molecular weight is 222 g/mol. The smallest absolute Gasteiger partial charge is 0.130 e. The van der Waals surface area contributed by atoms with Crippen LogP contribution in [0.2, 0.25) is 0 Å². The van der Waals surface area contributed by atoms with Gasteiger partial charge in [0.1, 0.15) is 5.00 Å². The molecule has 0 spiro atoms. The molecule has 15 heavy (non-hydrogen) atoms. The topological polar surface area (TPSA) is 42.7 Å². The number of aromatic nitrogens is 3. The Hall–Kier alpha value is -1.36. The first-order valence-electron chi connectivity index (χ1n) is 4.81. The standard InChI is InChI=1S/C10H14N4S/c1-7-4-9(8(2)14(7)3)5-11-10-6-12-13-15-10/h4,6,11H,5H2,1-3H3. The molecule has 2 rings (SSSR count). The number of rotatable bonds is 3. The molecule has 0 fully saturated rings. The van der Waals surface area contributed by atoms with E-state index in [1.54, 1.807) is 6.20 Å². The molecule has 0 aliphatic heterocycles. The maximum atomic E-state index is 3.80. The van der Waals surface area contributed by atoms with E-state index >= 15 is 0 Å². The van der Waals surface area contributed by atoms with Crippen LogP contribution in [0.15, 0.2) is 12.3 Å². The van der Waals surface area contributed by atoms with Gasteiger partial charge in [0.2, 0.25) is 0 Å². The van der Waals surface area contributed by atoms with Crippen molar-refractivity contribution in [3.63, 3.8) is 0 Å². The normalized spacial score (nSPS) is 10.6. The molecular formula is C10H14N4S. The van der Waals surface area contributed by atoms with E-state index in [1.807, 2.05) is 0 Å². The Morgan fingerprint density at radius 2 is 2.27 bits per heavy atom. The van der Waals surface area contributed by atoms with Crippen molar-refractivity contribution in [2.75, 3.05) is 5.32 Å². The summed E-state index contributed by atoms with van der Waals surface area (Å²) in [6.07, 6.45) is 1.75. The van der Waals surface area contributed by atoms with E-state index in [9.17, 15) is 0 Å². The Morgan fingerprint density at radius 1 is 1.47 bits per heavy atom. The van der Waals surface area contributed by atoms with E-state index in [1.165, 1.54) is 28.5 Å². The second-order valence-electron chi connectivity index (χ2n) is 3.59. The Balaban J connectivity index is 2.08. The molecule has 80 valence electrons.